The van der Waals surface area contributed by atoms with Crippen molar-refractivity contribution in [2.24, 2.45) is 0 Å². The molecule has 0 heterocycles. The van der Waals surface area contributed by atoms with Crippen LogP contribution in [0.3, 0.4) is 0 Å². The second kappa shape index (κ2) is 9.86. The van der Waals surface area contributed by atoms with Gasteiger partial charge in [-0.2, -0.15) is 0 Å². The Morgan fingerprint density at radius 3 is 2.50 bits per heavy atom. The number of thioether (sulfide) groups is 1. The fraction of sp³-hybridized carbons (Fsp3) is 0.875. The van der Waals surface area contributed by atoms with Gasteiger partial charge in [0.2, 0.25) is 5.12 Å². The summed E-state index contributed by atoms with van der Waals surface area (Å²) in [4.78, 5) is 11.0. The van der Waals surface area contributed by atoms with Gasteiger partial charge in [0.05, 0.1) is 0 Å². The Balaban J connectivity index is 0. The summed E-state index contributed by atoms with van der Waals surface area (Å²) in [6.45, 7) is 3.96. The Bertz CT molecular complexity index is 120. The van der Waals surface area contributed by atoms with Gasteiger partial charge in [-0.3, -0.25) is 4.79 Å². The molecule has 0 rings (SSSR count). The zero-order valence-electron chi connectivity index (χ0n) is 7.88. The van der Waals surface area contributed by atoms with Gasteiger partial charge in [-0.15, -0.1) is 0 Å². The molecular weight excluding hydrogens is 279 g/mol. The van der Waals surface area contributed by atoms with Gasteiger partial charge in [0.25, 0.3) is 0 Å². The van der Waals surface area contributed by atoms with Crippen LogP contribution in [0.15, 0.2) is 0 Å². The normalized spacial score (nSPS) is 11.9. The third kappa shape index (κ3) is 7.43. The number of carbonyl (C=O) groups excluding carboxylic acids is 1. The van der Waals surface area contributed by atoms with Crippen LogP contribution in [0.5, 0.6) is 0 Å². The van der Waals surface area contributed by atoms with Crippen molar-refractivity contribution in [1.82, 2.24) is 0 Å². The molecule has 12 heavy (non-hydrogen) atoms. The number of rotatable bonds is 5. The number of hydrogen-bond acceptors (Lipinski definition) is 3. The molecule has 0 aliphatic rings. The fourth-order valence-corrected chi connectivity index (χ4v) is 1.35. The van der Waals surface area contributed by atoms with Crippen LogP contribution in [-0.2, 0) is 4.79 Å². The molecule has 4 heteroatoms. The molecule has 72 valence electrons. The predicted molar refractivity (Wildman–Crippen MR) is 57.2 cm³/mol. The van der Waals surface area contributed by atoms with Gasteiger partial charge in [-0.1, -0.05) is 38.5 Å². The minimum absolute atomic E-state index is 0. The minimum atomic E-state index is -0.736. The van der Waals surface area contributed by atoms with Crippen molar-refractivity contribution < 1.29 is 9.90 Å². The topological polar surface area (TPSA) is 37.3 Å². The van der Waals surface area contributed by atoms with Crippen LogP contribution in [0.25, 0.3) is 0 Å². The van der Waals surface area contributed by atoms with E-state index in [2.05, 4.69) is 0 Å². The second-order valence-electron chi connectivity index (χ2n) is 2.41. The second-order valence-corrected chi connectivity index (χ2v) is 3.68. The van der Waals surface area contributed by atoms with Crippen LogP contribution in [0.4, 0.5) is 0 Å². The van der Waals surface area contributed by atoms with E-state index >= 15 is 0 Å². The SMILES string of the molecule is CCCCC(O)C(=O)SCC.[SnH2]. The Hall–Kier alpha value is 0.779. The summed E-state index contributed by atoms with van der Waals surface area (Å²) in [5.41, 5.74) is 0. The summed E-state index contributed by atoms with van der Waals surface area (Å²) < 4.78 is 0. The number of hydrogen-bond donors (Lipinski definition) is 1. The molecule has 1 N–H and O–H groups in total. The Labute approximate surface area is 95.5 Å². The van der Waals surface area contributed by atoms with Crippen LogP contribution in [0, 0.1) is 0 Å². The molecule has 0 spiro atoms. The number of aliphatic hydroxyl groups is 1. The summed E-state index contributed by atoms with van der Waals surface area (Å²) in [5.74, 6) is 0.752. The van der Waals surface area contributed by atoms with Gasteiger partial charge in [0, 0.05) is 0 Å². The van der Waals surface area contributed by atoms with Crippen molar-refractivity contribution >= 4 is 40.8 Å². The monoisotopic (exact) mass is 298 g/mol. The first-order valence-electron chi connectivity index (χ1n) is 4.07. The van der Waals surface area contributed by atoms with E-state index in [4.69, 9.17) is 0 Å². The maximum atomic E-state index is 11.0. The molecule has 2 radical (unpaired) electrons. The molecule has 0 aromatic rings. The summed E-state index contributed by atoms with van der Waals surface area (Å²) in [6.07, 6.45) is 1.83. The van der Waals surface area contributed by atoms with Crippen molar-refractivity contribution in [3.8, 4) is 0 Å². The van der Waals surface area contributed by atoms with Crippen LogP contribution in [0.2, 0.25) is 0 Å². The van der Waals surface area contributed by atoms with Crippen molar-refractivity contribution in [1.29, 1.82) is 0 Å². The van der Waals surface area contributed by atoms with Gasteiger partial charge in [-0.05, 0) is 12.2 Å². The molecule has 2 nitrogen and oxygen atoms in total. The Kier molecular flexibility index (Phi) is 12.5. The average molecular weight is 297 g/mol. The number of carbonyl (C=O) groups is 1. The van der Waals surface area contributed by atoms with Gasteiger partial charge in [0.15, 0.2) is 0 Å². The number of unbranched alkanes of at least 4 members (excludes halogenated alkanes) is 1. The first kappa shape index (κ1) is 15.3. The quantitative estimate of drug-likeness (QED) is 0.766. The number of aliphatic hydroxyl groups excluding tert-OH is 1. The van der Waals surface area contributed by atoms with Crippen LogP contribution in [0.1, 0.15) is 33.1 Å². The molecule has 0 aromatic carbocycles. The van der Waals surface area contributed by atoms with Crippen molar-refractivity contribution in [3.05, 3.63) is 0 Å². The van der Waals surface area contributed by atoms with Gasteiger partial charge >= 0.3 is 23.9 Å². The van der Waals surface area contributed by atoms with E-state index in [1.54, 1.807) is 0 Å². The van der Waals surface area contributed by atoms with E-state index in [1.807, 2.05) is 13.8 Å². The fourth-order valence-electron chi connectivity index (χ4n) is 0.754. The Morgan fingerprint density at radius 1 is 1.50 bits per heavy atom. The molecule has 0 saturated heterocycles. The Morgan fingerprint density at radius 2 is 2.08 bits per heavy atom. The van der Waals surface area contributed by atoms with Gasteiger partial charge in [0.1, 0.15) is 6.10 Å². The molecule has 1 unspecified atom stereocenters. The van der Waals surface area contributed by atoms with Crippen molar-refractivity contribution in [2.45, 2.75) is 39.2 Å². The van der Waals surface area contributed by atoms with Gasteiger partial charge in [-0.25, -0.2) is 0 Å². The molecule has 0 aliphatic carbocycles. The molecule has 0 saturated carbocycles. The molecule has 0 aliphatic heterocycles. The molecule has 0 bridgehead atoms. The third-order valence-electron chi connectivity index (χ3n) is 1.39. The van der Waals surface area contributed by atoms with E-state index in [9.17, 15) is 9.90 Å². The van der Waals surface area contributed by atoms with Gasteiger partial charge < -0.3 is 5.11 Å². The summed E-state index contributed by atoms with van der Waals surface area (Å²) in [6, 6.07) is 0. The van der Waals surface area contributed by atoms with Crippen molar-refractivity contribution in [2.75, 3.05) is 5.75 Å². The molecule has 1 atom stereocenters. The average Bonchev–Trinajstić information content (AvgIpc) is 2.00. The summed E-state index contributed by atoms with van der Waals surface area (Å²) in [7, 11) is 0. The van der Waals surface area contributed by atoms with Crippen LogP contribution < -0.4 is 0 Å². The summed E-state index contributed by atoms with van der Waals surface area (Å²) >= 11 is 1.20. The predicted octanol–water partition coefficient (Wildman–Crippen LogP) is 0.901. The van der Waals surface area contributed by atoms with Crippen molar-refractivity contribution in [3.63, 3.8) is 0 Å². The first-order valence-corrected chi connectivity index (χ1v) is 5.05. The van der Waals surface area contributed by atoms with Crippen LogP contribution >= 0.6 is 11.8 Å². The molecular formula is C8H18O2SSn. The van der Waals surface area contributed by atoms with E-state index in [0.29, 0.717) is 6.42 Å². The molecule has 0 amide bonds. The van der Waals surface area contributed by atoms with E-state index in [0.717, 1.165) is 18.6 Å². The van der Waals surface area contributed by atoms with E-state index in [1.165, 1.54) is 11.8 Å². The van der Waals surface area contributed by atoms with E-state index in [-0.39, 0.29) is 29.0 Å². The summed E-state index contributed by atoms with van der Waals surface area (Å²) in [5, 5.41) is 9.13. The first-order chi connectivity index (χ1) is 5.22. The molecule has 0 aromatic heterocycles. The third-order valence-corrected chi connectivity index (χ3v) is 2.24. The van der Waals surface area contributed by atoms with E-state index < -0.39 is 6.10 Å². The zero-order chi connectivity index (χ0) is 8.69. The van der Waals surface area contributed by atoms with Crippen LogP contribution in [-0.4, -0.2) is 46.0 Å². The molecule has 0 fully saturated rings. The zero-order valence-corrected chi connectivity index (χ0v) is 12.7. The standard InChI is InChI=1S/C8H16O2S.Sn.2H/c1-3-5-6-7(9)8(10)11-4-2;;;/h7,9H,3-6H2,1-2H3;;;. The maximum absolute atomic E-state index is 11.0.